The lowest BCUT2D eigenvalue weighted by molar-refractivity contribution is -0.137. The first-order chi connectivity index (χ1) is 16.5. The van der Waals surface area contributed by atoms with E-state index in [1.54, 1.807) is 54.6 Å². The van der Waals surface area contributed by atoms with Crippen LogP contribution >= 0.6 is 23.2 Å². The lowest BCUT2D eigenvalue weighted by atomic mass is 10.2. The third kappa shape index (κ3) is 5.84. The molecule has 0 atom stereocenters. The summed E-state index contributed by atoms with van der Waals surface area (Å²) < 4.78 is 73.6. The summed E-state index contributed by atoms with van der Waals surface area (Å²) in [5.74, 6) is 0.0963. The zero-order valence-electron chi connectivity index (χ0n) is 17.7. The maximum absolute atomic E-state index is 13.5. The Hall–Kier alpha value is -2.92. The first kappa shape index (κ1) is 25.2. The molecule has 0 saturated heterocycles. The van der Waals surface area contributed by atoms with Crippen molar-refractivity contribution in [2.24, 2.45) is 0 Å². The fourth-order valence-electron chi connectivity index (χ4n) is 3.22. The van der Waals surface area contributed by atoms with Crippen molar-refractivity contribution in [1.29, 1.82) is 0 Å². The van der Waals surface area contributed by atoms with Crippen LogP contribution in [0, 0.1) is 0 Å². The van der Waals surface area contributed by atoms with Gasteiger partial charge in [0.15, 0.2) is 0 Å². The average molecular weight is 542 g/mol. The molecule has 0 aliphatic heterocycles. The second-order valence-electron chi connectivity index (χ2n) is 7.41. The van der Waals surface area contributed by atoms with Gasteiger partial charge < -0.3 is 4.42 Å². The van der Waals surface area contributed by atoms with Gasteiger partial charge in [-0.2, -0.15) is 17.5 Å². The van der Waals surface area contributed by atoms with Gasteiger partial charge in [0.05, 0.1) is 22.0 Å². The van der Waals surface area contributed by atoms with Gasteiger partial charge in [-0.15, -0.1) is 10.2 Å². The topological polar surface area (TPSA) is 76.3 Å². The van der Waals surface area contributed by atoms with Gasteiger partial charge in [-0.25, -0.2) is 8.42 Å². The molecule has 0 saturated carbocycles. The number of hydrogen-bond donors (Lipinski definition) is 0. The lowest BCUT2D eigenvalue weighted by Crippen LogP contribution is -2.30. The van der Waals surface area contributed by atoms with Crippen molar-refractivity contribution in [3.05, 3.63) is 99.9 Å². The monoisotopic (exact) mass is 541 g/mol. The molecule has 0 N–H and O–H groups in total. The van der Waals surface area contributed by atoms with Gasteiger partial charge in [-0.1, -0.05) is 53.5 Å². The predicted octanol–water partition coefficient (Wildman–Crippen LogP) is 6.45. The number of nitrogens with zero attached hydrogens (tertiary/aromatic N) is 3. The zero-order valence-corrected chi connectivity index (χ0v) is 20.0. The van der Waals surface area contributed by atoms with Crippen LogP contribution in [0.3, 0.4) is 0 Å². The van der Waals surface area contributed by atoms with Crippen LogP contribution in [0.5, 0.6) is 0 Å². The second kappa shape index (κ2) is 9.98. The summed E-state index contributed by atoms with van der Waals surface area (Å²) in [6.45, 7) is -0.520. The quantitative estimate of drug-likeness (QED) is 0.268. The Kier molecular flexibility index (Phi) is 7.18. The van der Waals surface area contributed by atoms with Gasteiger partial charge in [0.25, 0.3) is 0 Å². The number of rotatable bonds is 7. The standard InChI is InChI=1S/C23H16Cl2F3N3O3S/c24-17-8-6-16(7-9-17)22-30-29-21(34-22)14-31(13-15-4-2-1-3-5-15)35(32,33)18-10-11-20(25)19(12-18)23(26,27)28/h1-12H,13-14H2. The SMILES string of the molecule is O=S(=O)(c1ccc(Cl)c(C(F)(F)F)c1)N(Cc1ccccc1)Cc1nnc(-c2ccc(Cl)cc2)o1. The van der Waals surface area contributed by atoms with E-state index in [4.69, 9.17) is 27.6 Å². The van der Waals surface area contributed by atoms with Gasteiger partial charge in [0.2, 0.25) is 21.8 Å². The van der Waals surface area contributed by atoms with Crippen molar-refractivity contribution in [3.63, 3.8) is 0 Å². The molecule has 0 radical (unpaired) electrons. The molecule has 4 rings (SSSR count). The Bertz CT molecular complexity index is 1430. The summed E-state index contributed by atoms with van der Waals surface area (Å²) in [6, 6.07) is 17.6. The van der Waals surface area contributed by atoms with Crippen LogP contribution in [0.15, 0.2) is 82.1 Å². The average Bonchev–Trinajstić information content (AvgIpc) is 3.28. The van der Waals surface area contributed by atoms with Gasteiger partial charge >= 0.3 is 6.18 Å². The van der Waals surface area contributed by atoms with E-state index in [9.17, 15) is 21.6 Å². The molecule has 0 unspecified atom stereocenters. The molecular formula is C23H16Cl2F3N3O3S. The van der Waals surface area contributed by atoms with Crippen LogP contribution in [0.2, 0.25) is 10.0 Å². The molecule has 1 aromatic heterocycles. The molecule has 0 amide bonds. The van der Waals surface area contributed by atoms with Gasteiger partial charge in [-0.05, 0) is 48.0 Å². The summed E-state index contributed by atoms with van der Waals surface area (Å²) in [5, 5.41) is 7.77. The highest BCUT2D eigenvalue weighted by Gasteiger charge is 2.36. The highest BCUT2D eigenvalue weighted by molar-refractivity contribution is 7.89. The smallest absolute Gasteiger partial charge is 0.417 e. The largest absolute Gasteiger partial charge is 0.419 e. The van der Waals surface area contributed by atoms with Crippen LogP contribution in [-0.2, 0) is 29.3 Å². The maximum Gasteiger partial charge on any atom is 0.417 e. The molecule has 12 heteroatoms. The minimum Gasteiger partial charge on any atom is -0.419 e. The number of aromatic nitrogens is 2. The van der Waals surface area contributed by atoms with E-state index < -0.39 is 31.7 Å². The summed E-state index contributed by atoms with van der Waals surface area (Å²) in [7, 11) is -4.43. The van der Waals surface area contributed by atoms with Crippen molar-refractivity contribution in [2.75, 3.05) is 0 Å². The number of benzene rings is 3. The van der Waals surface area contributed by atoms with Crippen LogP contribution < -0.4 is 0 Å². The molecule has 0 aliphatic carbocycles. The predicted molar refractivity (Wildman–Crippen MR) is 124 cm³/mol. The highest BCUT2D eigenvalue weighted by atomic mass is 35.5. The van der Waals surface area contributed by atoms with Gasteiger partial charge in [-0.3, -0.25) is 0 Å². The lowest BCUT2D eigenvalue weighted by Gasteiger charge is -2.21. The third-order valence-electron chi connectivity index (χ3n) is 4.95. The Morgan fingerprint density at radius 1 is 0.886 bits per heavy atom. The van der Waals surface area contributed by atoms with Crippen LogP contribution in [0.4, 0.5) is 13.2 Å². The van der Waals surface area contributed by atoms with E-state index in [-0.39, 0.29) is 24.9 Å². The molecule has 0 spiro atoms. The minimum absolute atomic E-state index is 0.0422. The van der Waals surface area contributed by atoms with Crippen molar-refractivity contribution in [2.45, 2.75) is 24.2 Å². The molecule has 35 heavy (non-hydrogen) atoms. The molecule has 0 fully saturated rings. The minimum atomic E-state index is -4.83. The summed E-state index contributed by atoms with van der Waals surface area (Å²) >= 11 is 11.6. The first-order valence-electron chi connectivity index (χ1n) is 10.0. The Labute approximate surface area is 209 Å². The third-order valence-corrected chi connectivity index (χ3v) is 7.32. The molecule has 182 valence electrons. The van der Waals surface area contributed by atoms with E-state index in [1.165, 1.54) is 0 Å². The van der Waals surface area contributed by atoms with Crippen LogP contribution in [-0.4, -0.2) is 22.9 Å². The number of halogens is 5. The van der Waals surface area contributed by atoms with Crippen LogP contribution in [0.25, 0.3) is 11.5 Å². The fourth-order valence-corrected chi connectivity index (χ4v) is 4.98. The number of sulfonamides is 1. The van der Waals surface area contributed by atoms with E-state index in [2.05, 4.69) is 10.2 Å². The van der Waals surface area contributed by atoms with Crippen molar-refractivity contribution in [1.82, 2.24) is 14.5 Å². The normalized spacial score (nSPS) is 12.3. The highest BCUT2D eigenvalue weighted by Crippen LogP contribution is 2.36. The summed E-state index contributed by atoms with van der Waals surface area (Å²) in [5.41, 5.74) is -0.0700. The Morgan fingerprint density at radius 3 is 2.23 bits per heavy atom. The molecule has 1 heterocycles. The van der Waals surface area contributed by atoms with Gasteiger partial charge in [0.1, 0.15) is 0 Å². The molecular weight excluding hydrogens is 526 g/mol. The van der Waals surface area contributed by atoms with Crippen molar-refractivity contribution >= 4 is 33.2 Å². The summed E-state index contributed by atoms with van der Waals surface area (Å²) in [4.78, 5) is -0.567. The Balaban J connectivity index is 1.70. The molecule has 0 aliphatic rings. The summed E-state index contributed by atoms with van der Waals surface area (Å²) in [6.07, 6.45) is -4.83. The van der Waals surface area contributed by atoms with Gasteiger partial charge in [0, 0.05) is 17.1 Å². The van der Waals surface area contributed by atoms with E-state index in [1.807, 2.05) is 0 Å². The fraction of sp³-hybridized carbons (Fsp3) is 0.130. The number of alkyl halides is 3. The maximum atomic E-state index is 13.5. The van der Waals surface area contributed by atoms with Crippen LogP contribution in [0.1, 0.15) is 17.0 Å². The number of hydrogen-bond acceptors (Lipinski definition) is 5. The first-order valence-corrected chi connectivity index (χ1v) is 12.2. The molecule has 6 nitrogen and oxygen atoms in total. The Morgan fingerprint density at radius 2 is 1.57 bits per heavy atom. The molecule has 0 bridgehead atoms. The van der Waals surface area contributed by atoms with E-state index >= 15 is 0 Å². The van der Waals surface area contributed by atoms with E-state index in [0.717, 1.165) is 16.4 Å². The second-order valence-corrected chi connectivity index (χ2v) is 10.2. The zero-order chi connectivity index (χ0) is 25.2. The van der Waals surface area contributed by atoms with Crippen molar-refractivity contribution in [3.8, 4) is 11.5 Å². The molecule has 4 aromatic rings. The van der Waals surface area contributed by atoms with E-state index in [0.29, 0.717) is 22.2 Å². The molecule has 3 aromatic carbocycles. The van der Waals surface area contributed by atoms with Crippen molar-refractivity contribution < 1.29 is 26.0 Å².